The van der Waals surface area contributed by atoms with Crippen molar-refractivity contribution in [1.82, 2.24) is 19.9 Å². The Bertz CT molecular complexity index is 1170. The van der Waals surface area contributed by atoms with E-state index in [0.717, 1.165) is 31.5 Å². The molecule has 1 aliphatic rings. The Labute approximate surface area is 187 Å². The van der Waals surface area contributed by atoms with Crippen molar-refractivity contribution >= 4 is 5.95 Å². The quantitative estimate of drug-likeness (QED) is 0.664. The van der Waals surface area contributed by atoms with Crippen LogP contribution in [0.15, 0.2) is 47.4 Å². The lowest BCUT2D eigenvalue weighted by Gasteiger charge is -2.35. The molecule has 8 nitrogen and oxygen atoms in total. The zero-order chi connectivity index (χ0) is 22.7. The Morgan fingerprint density at radius 1 is 1.12 bits per heavy atom. The van der Waals surface area contributed by atoms with Gasteiger partial charge in [-0.05, 0) is 56.8 Å². The molecule has 8 heteroatoms. The minimum absolute atomic E-state index is 0.214. The molecular formula is C24H26N6O2. The standard InChI is InChI=1S/C24H26N6O2/c1-29(2)19-10-12-30(13-11-19)24-27-22(17-4-7-18(14-25)26-15-17)21(23(31)28-24)16-5-8-20(32-3)9-6-16/h4-9,15,19H,10-13H2,1-3H3,(H,27,28,31). The molecule has 1 aliphatic heterocycles. The van der Waals surface area contributed by atoms with E-state index in [4.69, 9.17) is 15.0 Å². The molecule has 1 aromatic carbocycles. The molecule has 0 unspecified atom stereocenters. The summed E-state index contributed by atoms with van der Waals surface area (Å²) in [5, 5.41) is 9.09. The predicted octanol–water partition coefficient (Wildman–Crippen LogP) is 2.91. The molecular weight excluding hydrogens is 404 g/mol. The molecule has 1 fully saturated rings. The number of hydrogen-bond acceptors (Lipinski definition) is 7. The number of methoxy groups -OCH3 is 1. The summed E-state index contributed by atoms with van der Waals surface area (Å²) >= 11 is 0. The lowest BCUT2D eigenvalue weighted by Crippen LogP contribution is -2.43. The van der Waals surface area contributed by atoms with Gasteiger partial charge in [0, 0.05) is 30.9 Å². The molecule has 0 amide bonds. The first kappa shape index (κ1) is 21.5. The van der Waals surface area contributed by atoms with Crippen molar-refractivity contribution in [3.63, 3.8) is 0 Å². The van der Waals surface area contributed by atoms with Crippen LogP contribution >= 0.6 is 0 Å². The normalized spacial score (nSPS) is 14.4. The van der Waals surface area contributed by atoms with Gasteiger partial charge in [-0.15, -0.1) is 0 Å². The molecule has 164 valence electrons. The Morgan fingerprint density at radius 3 is 2.38 bits per heavy atom. The largest absolute Gasteiger partial charge is 0.497 e. The van der Waals surface area contributed by atoms with E-state index < -0.39 is 0 Å². The maximum absolute atomic E-state index is 13.3. The van der Waals surface area contributed by atoms with Gasteiger partial charge in [0.05, 0.1) is 18.4 Å². The van der Waals surface area contributed by atoms with Gasteiger partial charge >= 0.3 is 0 Å². The Kier molecular flexibility index (Phi) is 6.19. The van der Waals surface area contributed by atoms with Crippen molar-refractivity contribution < 1.29 is 4.74 Å². The van der Waals surface area contributed by atoms with Gasteiger partial charge in [0.1, 0.15) is 17.5 Å². The van der Waals surface area contributed by atoms with Crippen molar-refractivity contribution in [1.29, 1.82) is 5.26 Å². The summed E-state index contributed by atoms with van der Waals surface area (Å²) in [6.07, 6.45) is 3.60. The number of rotatable bonds is 5. The monoisotopic (exact) mass is 430 g/mol. The van der Waals surface area contributed by atoms with Crippen LogP contribution in [-0.2, 0) is 0 Å². The highest BCUT2D eigenvalue weighted by atomic mass is 16.5. The second-order valence-corrected chi connectivity index (χ2v) is 8.07. The van der Waals surface area contributed by atoms with Gasteiger partial charge in [0.15, 0.2) is 0 Å². The predicted molar refractivity (Wildman–Crippen MR) is 124 cm³/mol. The summed E-state index contributed by atoms with van der Waals surface area (Å²) < 4.78 is 5.25. The molecule has 1 N–H and O–H groups in total. The lowest BCUT2D eigenvalue weighted by atomic mass is 10.0. The molecule has 0 bridgehead atoms. The number of pyridine rings is 1. The molecule has 3 aromatic rings. The van der Waals surface area contributed by atoms with Gasteiger partial charge < -0.3 is 14.5 Å². The number of benzene rings is 1. The molecule has 0 spiro atoms. The highest BCUT2D eigenvalue weighted by Crippen LogP contribution is 2.30. The molecule has 3 heterocycles. The van der Waals surface area contributed by atoms with Crippen LogP contribution in [0.1, 0.15) is 18.5 Å². The van der Waals surface area contributed by atoms with Gasteiger partial charge in [0.2, 0.25) is 5.95 Å². The van der Waals surface area contributed by atoms with Crippen LogP contribution in [-0.4, -0.2) is 60.2 Å². The van der Waals surface area contributed by atoms with E-state index in [1.54, 1.807) is 25.4 Å². The first-order valence-electron chi connectivity index (χ1n) is 10.6. The molecule has 0 saturated carbocycles. The van der Waals surface area contributed by atoms with E-state index in [0.29, 0.717) is 40.3 Å². The number of H-pyrrole nitrogens is 1. The van der Waals surface area contributed by atoms with Gasteiger partial charge in [-0.1, -0.05) is 12.1 Å². The molecule has 2 aromatic heterocycles. The second kappa shape index (κ2) is 9.20. The highest BCUT2D eigenvalue weighted by Gasteiger charge is 2.24. The number of nitriles is 1. The van der Waals surface area contributed by atoms with Crippen molar-refractivity contribution in [2.45, 2.75) is 18.9 Å². The zero-order valence-electron chi connectivity index (χ0n) is 18.5. The van der Waals surface area contributed by atoms with Gasteiger partial charge in [-0.3, -0.25) is 9.78 Å². The van der Waals surface area contributed by atoms with Crippen molar-refractivity contribution in [2.75, 3.05) is 39.2 Å². The van der Waals surface area contributed by atoms with E-state index in [1.165, 1.54) is 0 Å². The molecule has 0 radical (unpaired) electrons. The Morgan fingerprint density at radius 2 is 1.81 bits per heavy atom. The molecule has 0 atom stereocenters. The number of nitrogens with zero attached hydrogens (tertiary/aromatic N) is 5. The van der Waals surface area contributed by atoms with Crippen LogP contribution in [0.5, 0.6) is 5.75 Å². The third kappa shape index (κ3) is 4.34. The zero-order valence-corrected chi connectivity index (χ0v) is 18.5. The summed E-state index contributed by atoms with van der Waals surface area (Å²) in [5.41, 5.74) is 2.53. The van der Waals surface area contributed by atoms with Crippen molar-refractivity contribution in [3.8, 4) is 34.2 Å². The minimum Gasteiger partial charge on any atom is -0.497 e. The topological polar surface area (TPSA) is 98.1 Å². The van der Waals surface area contributed by atoms with E-state index in [2.05, 4.69) is 33.9 Å². The van der Waals surface area contributed by atoms with Crippen LogP contribution in [0.3, 0.4) is 0 Å². The van der Waals surface area contributed by atoms with Crippen LogP contribution in [0.4, 0.5) is 5.95 Å². The minimum atomic E-state index is -0.214. The smallest absolute Gasteiger partial charge is 0.260 e. The number of hydrogen-bond donors (Lipinski definition) is 1. The number of anilines is 1. The van der Waals surface area contributed by atoms with E-state index in [1.807, 2.05) is 30.3 Å². The SMILES string of the molecule is COc1ccc(-c2c(-c3ccc(C#N)nc3)nc(N3CCC(N(C)C)CC3)[nH]c2=O)cc1. The number of ether oxygens (including phenoxy) is 1. The van der Waals surface area contributed by atoms with Gasteiger partial charge in [0.25, 0.3) is 5.56 Å². The number of aromatic nitrogens is 3. The number of piperidine rings is 1. The van der Waals surface area contributed by atoms with Crippen LogP contribution in [0, 0.1) is 11.3 Å². The van der Waals surface area contributed by atoms with Crippen LogP contribution in [0.25, 0.3) is 22.4 Å². The summed E-state index contributed by atoms with van der Waals surface area (Å²) in [6.45, 7) is 1.64. The molecule has 32 heavy (non-hydrogen) atoms. The number of aromatic amines is 1. The molecule has 4 rings (SSSR count). The fourth-order valence-corrected chi connectivity index (χ4v) is 4.04. The maximum atomic E-state index is 13.3. The highest BCUT2D eigenvalue weighted by molar-refractivity contribution is 5.80. The van der Waals surface area contributed by atoms with Crippen molar-refractivity contribution in [2.24, 2.45) is 0 Å². The van der Waals surface area contributed by atoms with E-state index >= 15 is 0 Å². The average Bonchev–Trinajstić information content (AvgIpc) is 2.84. The summed E-state index contributed by atoms with van der Waals surface area (Å²) in [5.74, 6) is 1.27. The number of nitrogens with one attached hydrogen (secondary N) is 1. The second-order valence-electron chi connectivity index (χ2n) is 8.07. The Balaban J connectivity index is 1.79. The summed E-state index contributed by atoms with van der Waals surface area (Å²) in [4.78, 5) is 29.7. The fraction of sp³-hybridized carbons (Fsp3) is 0.333. The fourth-order valence-electron chi connectivity index (χ4n) is 4.04. The first-order chi connectivity index (χ1) is 15.5. The van der Waals surface area contributed by atoms with Crippen LogP contribution in [0.2, 0.25) is 0 Å². The maximum Gasteiger partial charge on any atom is 0.260 e. The van der Waals surface area contributed by atoms with Gasteiger partial charge in [-0.2, -0.15) is 5.26 Å². The summed E-state index contributed by atoms with van der Waals surface area (Å²) in [7, 11) is 5.80. The van der Waals surface area contributed by atoms with E-state index in [9.17, 15) is 4.79 Å². The van der Waals surface area contributed by atoms with Gasteiger partial charge in [-0.25, -0.2) is 9.97 Å². The lowest BCUT2D eigenvalue weighted by molar-refractivity contribution is 0.249. The van der Waals surface area contributed by atoms with E-state index in [-0.39, 0.29) is 5.56 Å². The Hall–Kier alpha value is -3.70. The molecule has 0 aliphatic carbocycles. The summed E-state index contributed by atoms with van der Waals surface area (Å²) in [6, 6.07) is 13.3. The third-order valence-electron chi connectivity index (χ3n) is 5.93. The van der Waals surface area contributed by atoms with Crippen LogP contribution < -0.4 is 15.2 Å². The molecule has 1 saturated heterocycles. The first-order valence-corrected chi connectivity index (χ1v) is 10.6. The third-order valence-corrected chi connectivity index (χ3v) is 5.93. The average molecular weight is 431 g/mol. The van der Waals surface area contributed by atoms with Crippen molar-refractivity contribution in [3.05, 3.63) is 58.6 Å².